The molecule has 0 aliphatic heterocycles. The topological polar surface area (TPSA) is 72.7 Å². The predicted octanol–water partition coefficient (Wildman–Crippen LogP) is 3.79. The fraction of sp³-hybridized carbons (Fsp3) is 0.263. The first-order valence-corrected chi connectivity index (χ1v) is 8.22. The SMILES string of the molecule is Cc1ccc(NC(=O)c2cccc(-c3nnnn3C(C)C)c2)cc1C. The number of tetrazole rings is 1. The second-order valence-electron chi connectivity index (χ2n) is 6.37. The molecule has 2 aromatic carbocycles. The number of nitrogens with one attached hydrogen (secondary N) is 1. The first-order valence-electron chi connectivity index (χ1n) is 8.22. The van der Waals surface area contributed by atoms with Gasteiger partial charge >= 0.3 is 0 Å². The van der Waals surface area contributed by atoms with Crippen molar-refractivity contribution in [2.24, 2.45) is 0 Å². The van der Waals surface area contributed by atoms with Crippen LogP contribution in [0.4, 0.5) is 5.69 Å². The summed E-state index contributed by atoms with van der Waals surface area (Å²) in [5.74, 6) is 0.490. The van der Waals surface area contributed by atoms with Gasteiger partial charge in [-0.1, -0.05) is 18.2 Å². The summed E-state index contributed by atoms with van der Waals surface area (Å²) in [6, 6.07) is 13.3. The summed E-state index contributed by atoms with van der Waals surface area (Å²) in [6.45, 7) is 8.09. The van der Waals surface area contributed by atoms with Crippen LogP contribution in [0.5, 0.6) is 0 Å². The number of carbonyl (C=O) groups excluding carboxylic acids is 1. The summed E-state index contributed by atoms with van der Waals surface area (Å²) in [5.41, 5.74) is 4.49. The van der Waals surface area contributed by atoms with Gasteiger partial charge in [-0.3, -0.25) is 4.79 Å². The monoisotopic (exact) mass is 335 g/mol. The lowest BCUT2D eigenvalue weighted by Gasteiger charge is -2.10. The van der Waals surface area contributed by atoms with Gasteiger partial charge in [-0.2, -0.15) is 0 Å². The molecule has 0 fully saturated rings. The molecule has 6 heteroatoms. The van der Waals surface area contributed by atoms with Crippen molar-refractivity contribution in [2.45, 2.75) is 33.7 Å². The Morgan fingerprint density at radius 3 is 2.60 bits per heavy atom. The van der Waals surface area contributed by atoms with Crippen molar-refractivity contribution >= 4 is 11.6 Å². The Bertz CT molecular complexity index is 914. The number of carbonyl (C=O) groups is 1. The highest BCUT2D eigenvalue weighted by molar-refractivity contribution is 6.04. The summed E-state index contributed by atoms with van der Waals surface area (Å²) < 4.78 is 1.74. The van der Waals surface area contributed by atoms with Gasteiger partial charge in [0.1, 0.15) is 0 Å². The van der Waals surface area contributed by atoms with E-state index in [0.29, 0.717) is 11.4 Å². The first kappa shape index (κ1) is 16.8. The highest BCUT2D eigenvalue weighted by Gasteiger charge is 2.14. The third-order valence-corrected chi connectivity index (χ3v) is 4.13. The second-order valence-corrected chi connectivity index (χ2v) is 6.37. The summed E-state index contributed by atoms with van der Waals surface area (Å²) >= 11 is 0. The zero-order chi connectivity index (χ0) is 18.0. The van der Waals surface area contributed by atoms with Crippen molar-refractivity contribution in [3.8, 4) is 11.4 Å². The Balaban J connectivity index is 1.87. The lowest BCUT2D eigenvalue weighted by molar-refractivity contribution is 0.102. The highest BCUT2D eigenvalue weighted by Crippen LogP contribution is 2.21. The molecule has 3 aromatic rings. The van der Waals surface area contributed by atoms with Crippen molar-refractivity contribution in [1.29, 1.82) is 0 Å². The van der Waals surface area contributed by atoms with Gasteiger partial charge in [-0.15, -0.1) is 5.10 Å². The normalized spacial score (nSPS) is 10.9. The number of amides is 1. The number of rotatable bonds is 4. The Kier molecular flexibility index (Phi) is 4.61. The fourth-order valence-electron chi connectivity index (χ4n) is 2.55. The molecule has 1 amide bonds. The number of hydrogen-bond donors (Lipinski definition) is 1. The third kappa shape index (κ3) is 3.57. The van der Waals surface area contributed by atoms with Gasteiger partial charge in [0.15, 0.2) is 5.82 Å². The summed E-state index contributed by atoms with van der Waals surface area (Å²) in [6.07, 6.45) is 0. The van der Waals surface area contributed by atoms with Crippen LogP contribution in [0.3, 0.4) is 0 Å². The minimum absolute atomic E-state index is 0.137. The van der Waals surface area contributed by atoms with Gasteiger partial charge in [-0.05, 0) is 73.5 Å². The average Bonchev–Trinajstić information content (AvgIpc) is 3.08. The molecule has 3 rings (SSSR count). The highest BCUT2D eigenvalue weighted by atomic mass is 16.1. The minimum Gasteiger partial charge on any atom is -0.322 e. The quantitative estimate of drug-likeness (QED) is 0.787. The van der Waals surface area contributed by atoms with Crippen molar-refractivity contribution in [3.05, 3.63) is 59.2 Å². The van der Waals surface area contributed by atoms with Gasteiger partial charge in [-0.25, -0.2) is 4.68 Å². The summed E-state index contributed by atoms with van der Waals surface area (Å²) in [4.78, 5) is 12.6. The maximum Gasteiger partial charge on any atom is 0.255 e. The molecule has 0 saturated heterocycles. The van der Waals surface area contributed by atoms with Gasteiger partial charge in [0.25, 0.3) is 5.91 Å². The van der Waals surface area contributed by atoms with E-state index in [1.165, 1.54) is 5.56 Å². The Morgan fingerprint density at radius 2 is 1.88 bits per heavy atom. The molecule has 0 atom stereocenters. The average molecular weight is 335 g/mol. The summed E-state index contributed by atoms with van der Waals surface area (Å²) in [7, 11) is 0. The number of nitrogens with zero attached hydrogens (tertiary/aromatic N) is 4. The molecule has 0 saturated carbocycles. The number of benzene rings is 2. The molecule has 0 aliphatic carbocycles. The smallest absolute Gasteiger partial charge is 0.255 e. The first-order chi connectivity index (χ1) is 12.0. The molecule has 0 radical (unpaired) electrons. The van der Waals surface area contributed by atoms with E-state index in [1.54, 1.807) is 16.8 Å². The number of anilines is 1. The maximum atomic E-state index is 12.6. The van der Waals surface area contributed by atoms with Crippen LogP contribution < -0.4 is 5.32 Å². The van der Waals surface area contributed by atoms with Crippen molar-refractivity contribution < 1.29 is 4.79 Å². The van der Waals surface area contributed by atoms with Crippen molar-refractivity contribution in [3.63, 3.8) is 0 Å². The lowest BCUT2D eigenvalue weighted by atomic mass is 10.1. The van der Waals surface area contributed by atoms with E-state index in [-0.39, 0.29) is 11.9 Å². The van der Waals surface area contributed by atoms with E-state index in [9.17, 15) is 4.79 Å². The van der Waals surface area contributed by atoms with Gasteiger partial charge < -0.3 is 5.32 Å². The largest absolute Gasteiger partial charge is 0.322 e. The molecule has 0 aliphatic rings. The predicted molar refractivity (Wildman–Crippen MR) is 97.5 cm³/mol. The molecule has 1 heterocycles. The van der Waals surface area contributed by atoms with Crippen LogP contribution in [-0.4, -0.2) is 26.1 Å². The Morgan fingerprint density at radius 1 is 1.08 bits per heavy atom. The molecular weight excluding hydrogens is 314 g/mol. The molecule has 1 aromatic heterocycles. The van der Waals surface area contributed by atoms with E-state index in [1.807, 2.05) is 58.0 Å². The molecule has 128 valence electrons. The lowest BCUT2D eigenvalue weighted by Crippen LogP contribution is -2.12. The van der Waals surface area contributed by atoms with Crippen LogP contribution in [0.15, 0.2) is 42.5 Å². The summed E-state index contributed by atoms with van der Waals surface area (Å²) in [5, 5.41) is 14.8. The van der Waals surface area contributed by atoms with Crippen LogP contribution in [0.1, 0.15) is 41.4 Å². The van der Waals surface area contributed by atoms with Crippen LogP contribution >= 0.6 is 0 Å². The molecule has 0 unspecified atom stereocenters. The van der Waals surface area contributed by atoms with Gasteiger partial charge in [0.2, 0.25) is 0 Å². The standard InChI is InChI=1S/C19H21N5O/c1-12(2)24-18(21-22-23-24)15-6-5-7-16(11-15)19(25)20-17-9-8-13(3)14(4)10-17/h5-12H,1-4H3,(H,20,25). The molecule has 6 nitrogen and oxygen atoms in total. The molecular formula is C19H21N5O. The Hall–Kier alpha value is -3.02. The van der Waals surface area contributed by atoms with E-state index in [4.69, 9.17) is 0 Å². The Labute approximate surface area is 146 Å². The zero-order valence-electron chi connectivity index (χ0n) is 14.8. The van der Waals surface area contributed by atoms with Gasteiger partial charge in [0.05, 0.1) is 6.04 Å². The number of aryl methyl sites for hydroxylation is 2. The van der Waals surface area contributed by atoms with E-state index in [0.717, 1.165) is 16.8 Å². The number of hydrogen-bond acceptors (Lipinski definition) is 4. The van der Waals surface area contributed by atoms with Crippen LogP contribution in [-0.2, 0) is 0 Å². The van der Waals surface area contributed by atoms with E-state index >= 15 is 0 Å². The molecule has 1 N–H and O–H groups in total. The van der Waals surface area contributed by atoms with E-state index < -0.39 is 0 Å². The zero-order valence-corrected chi connectivity index (χ0v) is 14.8. The molecule has 0 bridgehead atoms. The van der Waals surface area contributed by atoms with Crippen LogP contribution in [0.2, 0.25) is 0 Å². The van der Waals surface area contributed by atoms with E-state index in [2.05, 4.69) is 20.8 Å². The molecule has 0 spiro atoms. The third-order valence-electron chi connectivity index (χ3n) is 4.13. The minimum atomic E-state index is -0.159. The maximum absolute atomic E-state index is 12.6. The van der Waals surface area contributed by atoms with Crippen molar-refractivity contribution in [2.75, 3.05) is 5.32 Å². The van der Waals surface area contributed by atoms with Gasteiger partial charge in [0, 0.05) is 16.8 Å². The van der Waals surface area contributed by atoms with Crippen LogP contribution in [0.25, 0.3) is 11.4 Å². The fourth-order valence-corrected chi connectivity index (χ4v) is 2.55. The van der Waals surface area contributed by atoms with Crippen molar-refractivity contribution in [1.82, 2.24) is 20.2 Å². The number of aromatic nitrogens is 4. The van der Waals surface area contributed by atoms with Crippen LogP contribution in [0, 0.1) is 13.8 Å². The second kappa shape index (κ2) is 6.84. The molecule has 25 heavy (non-hydrogen) atoms.